The van der Waals surface area contributed by atoms with Crippen LogP contribution < -0.4 is 0 Å². The normalized spacial score (nSPS) is 13.6. The maximum Gasteiger partial charge on any atom is 0.0559 e. The van der Waals surface area contributed by atoms with Gasteiger partial charge in [0.1, 0.15) is 0 Å². The maximum atomic E-state index is 4.21. The minimum Gasteiger partial charge on any atom is -0.317 e. The Balaban J connectivity index is 0.000000891. The lowest BCUT2D eigenvalue weighted by Gasteiger charge is -2.29. The molecule has 1 heteroatoms. The van der Waals surface area contributed by atoms with Crippen molar-refractivity contribution < 1.29 is 0 Å². The summed E-state index contributed by atoms with van der Waals surface area (Å²) in [4.78, 5) is 2.07. The Bertz CT molecular complexity index is 712. The Morgan fingerprint density at radius 2 is 1.62 bits per heavy atom. The predicted octanol–water partition coefficient (Wildman–Crippen LogP) is 6.64. The lowest BCUT2D eigenvalue weighted by molar-refractivity contribution is 0.605. The Kier molecular flexibility index (Phi) is 7.51. The number of hydrogen-bond acceptors (Lipinski definition) is 1. The summed E-state index contributed by atoms with van der Waals surface area (Å²) in [5, 5.41) is 0. The van der Waals surface area contributed by atoms with Crippen LogP contribution in [0, 0.1) is 0 Å². The number of hydrogen-bond donors (Lipinski definition) is 0. The van der Waals surface area contributed by atoms with Crippen molar-refractivity contribution in [2.24, 2.45) is 0 Å². The van der Waals surface area contributed by atoms with Crippen molar-refractivity contribution in [1.82, 2.24) is 4.90 Å². The van der Waals surface area contributed by atoms with Gasteiger partial charge in [-0.3, -0.25) is 0 Å². The standard InChI is InChI=1S/C20H21N.C3H6/c1-15(2)17(4)20(21-14-10-9-11-16(21)3)18(5)19-12-7-6-8-13-19;1-3-2/h6-14H,1,3-4H2,2,5H3;3H,1H2,2H3/b20-18+;. The quantitative estimate of drug-likeness (QED) is 0.444. The molecule has 0 saturated carbocycles. The van der Waals surface area contributed by atoms with Gasteiger partial charge in [0, 0.05) is 11.9 Å². The fraction of sp³-hybridized carbons (Fsp3) is 0.130. The molecular formula is C23H27N. The smallest absolute Gasteiger partial charge is 0.0559 e. The molecule has 1 aliphatic heterocycles. The molecule has 0 spiro atoms. The highest BCUT2D eigenvalue weighted by Crippen LogP contribution is 2.32. The number of nitrogens with zero attached hydrogens (tertiary/aromatic N) is 1. The molecule has 1 nitrogen and oxygen atoms in total. The molecule has 1 aromatic carbocycles. The molecule has 1 aliphatic rings. The van der Waals surface area contributed by atoms with Crippen molar-refractivity contribution in [3.63, 3.8) is 0 Å². The molecule has 1 heterocycles. The van der Waals surface area contributed by atoms with Gasteiger partial charge in [0.15, 0.2) is 0 Å². The summed E-state index contributed by atoms with van der Waals surface area (Å²) in [7, 11) is 0. The summed E-state index contributed by atoms with van der Waals surface area (Å²) in [6.07, 6.45) is 9.73. The summed E-state index contributed by atoms with van der Waals surface area (Å²) in [5.41, 5.74) is 6.17. The Hall–Kier alpha value is -2.80. The van der Waals surface area contributed by atoms with Gasteiger partial charge in [-0.2, -0.15) is 0 Å². The van der Waals surface area contributed by atoms with Gasteiger partial charge in [-0.15, -0.1) is 6.58 Å². The molecule has 1 aromatic rings. The first-order valence-electron chi connectivity index (χ1n) is 7.95. The highest BCUT2D eigenvalue weighted by molar-refractivity contribution is 5.73. The molecule has 0 aliphatic carbocycles. The number of rotatable bonds is 4. The lowest BCUT2D eigenvalue weighted by atomic mass is 9.97. The zero-order chi connectivity index (χ0) is 18.1. The predicted molar refractivity (Wildman–Crippen MR) is 108 cm³/mol. The average Bonchev–Trinajstić information content (AvgIpc) is 2.58. The van der Waals surface area contributed by atoms with Crippen LogP contribution in [-0.2, 0) is 0 Å². The highest BCUT2D eigenvalue weighted by Gasteiger charge is 2.18. The van der Waals surface area contributed by atoms with E-state index >= 15 is 0 Å². The molecule has 0 unspecified atom stereocenters. The van der Waals surface area contributed by atoms with Gasteiger partial charge in [0.05, 0.1) is 5.70 Å². The Labute approximate surface area is 147 Å². The van der Waals surface area contributed by atoms with E-state index in [1.807, 2.05) is 56.5 Å². The van der Waals surface area contributed by atoms with Crippen molar-refractivity contribution in [1.29, 1.82) is 0 Å². The number of benzene rings is 1. The third-order valence-electron chi connectivity index (χ3n) is 3.55. The van der Waals surface area contributed by atoms with Gasteiger partial charge in [0.25, 0.3) is 0 Å². The highest BCUT2D eigenvalue weighted by atomic mass is 15.1. The first-order valence-corrected chi connectivity index (χ1v) is 7.95. The van der Waals surface area contributed by atoms with E-state index < -0.39 is 0 Å². The van der Waals surface area contributed by atoms with Crippen LogP contribution in [0.5, 0.6) is 0 Å². The summed E-state index contributed by atoms with van der Waals surface area (Å²) in [6, 6.07) is 10.3. The van der Waals surface area contributed by atoms with Crippen molar-refractivity contribution in [3.05, 3.63) is 115 Å². The molecule has 0 saturated heterocycles. The topological polar surface area (TPSA) is 3.24 Å². The molecule has 0 radical (unpaired) electrons. The van der Waals surface area contributed by atoms with Crippen LogP contribution in [-0.4, -0.2) is 4.90 Å². The monoisotopic (exact) mass is 317 g/mol. The van der Waals surface area contributed by atoms with Crippen molar-refractivity contribution in [2.75, 3.05) is 0 Å². The van der Waals surface area contributed by atoms with Gasteiger partial charge in [-0.25, -0.2) is 0 Å². The Morgan fingerprint density at radius 1 is 1.04 bits per heavy atom. The summed E-state index contributed by atoms with van der Waals surface area (Å²) < 4.78 is 0. The van der Waals surface area contributed by atoms with Gasteiger partial charge in [-0.05, 0) is 55.2 Å². The summed E-state index contributed by atoms with van der Waals surface area (Å²) in [6.45, 7) is 21.7. The summed E-state index contributed by atoms with van der Waals surface area (Å²) in [5.74, 6) is 0. The van der Waals surface area contributed by atoms with E-state index in [-0.39, 0.29) is 0 Å². The zero-order valence-corrected chi connectivity index (χ0v) is 15.0. The second-order valence-corrected chi connectivity index (χ2v) is 5.57. The first kappa shape index (κ1) is 19.2. The Morgan fingerprint density at radius 3 is 2.12 bits per heavy atom. The molecule has 0 fully saturated rings. The van der Waals surface area contributed by atoms with Crippen LogP contribution >= 0.6 is 0 Å². The fourth-order valence-electron chi connectivity index (χ4n) is 2.28. The molecule has 0 bridgehead atoms. The van der Waals surface area contributed by atoms with Gasteiger partial charge in [0.2, 0.25) is 0 Å². The molecule has 0 N–H and O–H groups in total. The lowest BCUT2D eigenvalue weighted by Crippen LogP contribution is -2.19. The van der Waals surface area contributed by atoms with E-state index in [0.29, 0.717) is 0 Å². The van der Waals surface area contributed by atoms with Crippen LogP contribution in [0.2, 0.25) is 0 Å². The SMILES string of the molecule is C=C(C)C(=C)/C(=C(/C)c1ccccc1)N1C=CC=CC1=C.C=CC. The molecule has 124 valence electrons. The fourth-order valence-corrected chi connectivity index (χ4v) is 2.28. The molecule has 0 atom stereocenters. The van der Waals surface area contributed by atoms with Crippen LogP contribution in [0.25, 0.3) is 5.57 Å². The molecule has 0 amide bonds. The molecule has 0 aromatic heterocycles. The van der Waals surface area contributed by atoms with E-state index in [0.717, 1.165) is 28.1 Å². The third kappa shape index (κ3) is 4.85. The van der Waals surface area contributed by atoms with E-state index in [1.54, 1.807) is 6.08 Å². The molecular weight excluding hydrogens is 290 g/mol. The van der Waals surface area contributed by atoms with Crippen LogP contribution in [0.1, 0.15) is 26.3 Å². The third-order valence-corrected chi connectivity index (χ3v) is 3.55. The van der Waals surface area contributed by atoms with E-state index in [1.165, 1.54) is 5.56 Å². The van der Waals surface area contributed by atoms with Crippen LogP contribution in [0.15, 0.2) is 110 Å². The van der Waals surface area contributed by atoms with Crippen LogP contribution in [0.4, 0.5) is 0 Å². The molecule has 24 heavy (non-hydrogen) atoms. The zero-order valence-electron chi connectivity index (χ0n) is 15.0. The van der Waals surface area contributed by atoms with Gasteiger partial charge < -0.3 is 4.90 Å². The second-order valence-electron chi connectivity index (χ2n) is 5.57. The minimum absolute atomic E-state index is 0.921. The van der Waals surface area contributed by atoms with E-state index in [4.69, 9.17) is 0 Å². The minimum atomic E-state index is 0.921. The van der Waals surface area contributed by atoms with Crippen molar-refractivity contribution in [2.45, 2.75) is 20.8 Å². The van der Waals surface area contributed by atoms with Crippen LogP contribution in [0.3, 0.4) is 0 Å². The average molecular weight is 317 g/mol. The largest absolute Gasteiger partial charge is 0.317 e. The second kappa shape index (κ2) is 9.36. The summed E-state index contributed by atoms with van der Waals surface area (Å²) >= 11 is 0. The van der Waals surface area contributed by atoms with Crippen molar-refractivity contribution in [3.8, 4) is 0 Å². The van der Waals surface area contributed by atoms with E-state index in [9.17, 15) is 0 Å². The number of allylic oxidation sites excluding steroid dienone is 6. The van der Waals surface area contributed by atoms with Gasteiger partial charge in [-0.1, -0.05) is 62.2 Å². The molecule has 2 rings (SSSR count). The maximum absolute atomic E-state index is 4.21. The first-order chi connectivity index (χ1) is 11.4. The van der Waals surface area contributed by atoms with Crippen molar-refractivity contribution >= 4 is 5.57 Å². The van der Waals surface area contributed by atoms with Gasteiger partial charge >= 0.3 is 0 Å². The van der Waals surface area contributed by atoms with E-state index in [2.05, 4.69) is 50.3 Å².